The van der Waals surface area contributed by atoms with E-state index in [0.717, 1.165) is 4.47 Å². The summed E-state index contributed by atoms with van der Waals surface area (Å²) in [5.74, 6) is 0.0805. The average molecular weight is 379 g/mol. The molecule has 0 spiro atoms. The quantitative estimate of drug-likeness (QED) is 0.767. The number of ether oxygens (including phenoxy) is 1. The van der Waals surface area contributed by atoms with E-state index in [2.05, 4.69) is 26.0 Å². The fourth-order valence-electron chi connectivity index (χ4n) is 1.70. The van der Waals surface area contributed by atoms with Crippen LogP contribution in [0.3, 0.4) is 0 Å². The highest BCUT2D eigenvalue weighted by atomic mass is 79.9. The molecule has 0 aromatic heterocycles. The second kappa shape index (κ2) is 6.95. The lowest BCUT2D eigenvalue weighted by Gasteiger charge is -2.11. The first-order valence-corrected chi connectivity index (χ1v) is 7.08. The van der Waals surface area contributed by atoms with Crippen LogP contribution in [0, 0.1) is 0 Å². The fraction of sp³-hybridized carbons (Fsp3) is 0.143. The third-order valence-corrected chi connectivity index (χ3v) is 3.46. The van der Waals surface area contributed by atoms with Crippen LogP contribution in [0.15, 0.2) is 40.9 Å². The van der Waals surface area contributed by atoms with E-state index in [-0.39, 0.29) is 16.5 Å². The van der Waals surface area contributed by atoms with E-state index >= 15 is 0 Å². The number of nitrogens with one attached hydrogen (secondary N) is 1. The number of benzene rings is 2. The average Bonchev–Trinajstić information content (AvgIpc) is 2.42. The van der Waals surface area contributed by atoms with Crippen LogP contribution < -0.4 is 10.1 Å². The first-order valence-electron chi connectivity index (χ1n) is 5.91. The number of phenolic OH excluding ortho intramolecular Hbond substituents is 1. The molecule has 2 rings (SSSR count). The van der Waals surface area contributed by atoms with Crippen molar-refractivity contribution >= 4 is 33.2 Å². The molecule has 2 aromatic carbocycles. The van der Waals surface area contributed by atoms with Gasteiger partial charge in [0.25, 0.3) is 0 Å². The minimum atomic E-state index is -2.92. The number of aromatic hydroxyl groups is 1. The molecule has 112 valence electrons. The van der Waals surface area contributed by atoms with Crippen LogP contribution in [-0.4, -0.2) is 11.7 Å². The highest BCUT2D eigenvalue weighted by Crippen LogP contribution is 2.29. The number of alkyl halides is 2. The van der Waals surface area contributed by atoms with Crippen LogP contribution in [0.5, 0.6) is 11.5 Å². The van der Waals surface area contributed by atoms with Crippen molar-refractivity contribution in [3.05, 3.63) is 51.5 Å². The van der Waals surface area contributed by atoms with Gasteiger partial charge in [-0.3, -0.25) is 0 Å². The molecule has 0 aliphatic carbocycles. The molecule has 0 unspecified atom stereocenters. The van der Waals surface area contributed by atoms with Gasteiger partial charge in [-0.1, -0.05) is 27.5 Å². The van der Waals surface area contributed by atoms with Gasteiger partial charge in [0.1, 0.15) is 11.5 Å². The Kier molecular flexibility index (Phi) is 5.25. The maximum absolute atomic E-state index is 12.1. The Balaban J connectivity index is 2.07. The van der Waals surface area contributed by atoms with Crippen LogP contribution in [0.25, 0.3) is 0 Å². The zero-order valence-corrected chi connectivity index (χ0v) is 13.0. The summed E-state index contributed by atoms with van der Waals surface area (Å²) in [6.45, 7) is -2.56. The lowest BCUT2D eigenvalue weighted by atomic mass is 10.2. The zero-order valence-electron chi connectivity index (χ0n) is 10.6. The van der Waals surface area contributed by atoms with Crippen LogP contribution in [-0.2, 0) is 6.54 Å². The van der Waals surface area contributed by atoms with Crippen molar-refractivity contribution in [2.24, 2.45) is 0 Å². The standard InChI is InChI=1S/C14H11BrClF2NO2/c15-9-1-3-12(20)8(5-9)7-19-10-2-4-13(11(16)6-10)21-14(17)18/h1-6,14,19-20H,7H2. The predicted molar refractivity (Wildman–Crippen MR) is 81.2 cm³/mol. The van der Waals surface area contributed by atoms with E-state index in [4.69, 9.17) is 11.6 Å². The molecule has 0 aliphatic rings. The Morgan fingerprint density at radius 3 is 2.67 bits per heavy atom. The third-order valence-electron chi connectivity index (χ3n) is 2.67. The second-order valence-electron chi connectivity index (χ2n) is 4.15. The number of phenols is 1. The molecular weight excluding hydrogens is 368 g/mol. The monoisotopic (exact) mass is 377 g/mol. The smallest absolute Gasteiger partial charge is 0.387 e. The van der Waals surface area contributed by atoms with E-state index in [9.17, 15) is 13.9 Å². The van der Waals surface area contributed by atoms with Crippen LogP contribution in [0.2, 0.25) is 5.02 Å². The zero-order chi connectivity index (χ0) is 15.4. The Labute approximate surface area is 133 Å². The summed E-state index contributed by atoms with van der Waals surface area (Å²) in [5.41, 5.74) is 1.31. The van der Waals surface area contributed by atoms with E-state index in [1.54, 1.807) is 24.3 Å². The van der Waals surface area contributed by atoms with Crippen molar-refractivity contribution in [2.75, 3.05) is 5.32 Å². The van der Waals surface area contributed by atoms with Crippen LogP contribution in [0.1, 0.15) is 5.56 Å². The summed E-state index contributed by atoms with van der Waals surface area (Å²) in [6.07, 6.45) is 0. The number of hydrogen-bond acceptors (Lipinski definition) is 3. The third kappa shape index (κ3) is 4.47. The first-order chi connectivity index (χ1) is 9.95. The minimum absolute atomic E-state index is 0.0810. The molecular formula is C14H11BrClF2NO2. The van der Waals surface area contributed by atoms with Crippen molar-refractivity contribution in [2.45, 2.75) is 13.2 Å². The Morgan fingerprint density at radius 1 is 1.24 bits per heavy atom. The fourth-order valence-corrected chi connectivity index (χ4v) is 2.33. The van der Waals surface area contributed by atoms with Crippen LogP contribution >= 0.6 is 27.5 Å². The van der Waals surface area contributed by atoms with Gasteiger partial charge < -0.3 is 15.2 Å². The van der Waals surface area contributed by atoms with E-state index < -0.39 is 6.61 Å². The van der Waals surface area contributed by atoms with Crippen molar-refractivity contribution in [3.8, 4) is 11.5 Å². The molecule has 21 heavy (non-hydrogen) atoms. The summed E-state index contributed by atoms with van der Waals surface area (Å²) in [4.78, 5) is 0. The lowest BCUT2D eigenvalue weighted by molar-refractivity contribution is -0.0497. The second-order valence-corrected chi connectivity index (χ2v) is 5.47. The van der Waals surface area contributed by atoms with Crippen molar-refractivity contribution in [1.29, 1.82) is 0 Å². The Morgan fingerprint density at radius 2 is 2.00 bits per heavy atom. The van der Waals surface area contributed by atoms with Crippen LogP contribution in [0.4, 0.5) is 14.5 Å². The normalized spacial score (nSPS) is 10.7. The summed E-state index contributed by atoms with van der Waals surface area (Å²) in [6, 6.07) is 9.49. The number of halogens is 4. The highest BCUT2D eigenvalue weighted by molar-refractivity contribution is 9.10. The predicted octanol–water partition coefficient (Wildman–Crippen LogP) is 5.02. The maximum atomic E-state index is 12.1. The first kappa shape index (κ1) is 15.9. The van der Waals surface area contributed by atoms with Crippen molar-refractivity contribution in [3.63, 3.8) is 0 Å². The van der Waals surface area contributed by atoms with Gasteiger partial charge in [0.15, 0.2) is 0 Å². The highest BCUT2D eigenvalue weighted by Gasteiger charge is 2.09. The van der Waals surface area contributed by atoms with Crippen molar-refractivity contribution in [1.82, 2.24) is 0 Å². The molecule has 0 aliphatic heterocycles. The molecule has 0 fully saturated rings. The number of hydrogen-bond donors (Lipinski definition) is 2. The molecule has 7 heteroatoms. The van der Waals surface area contributed by atoms with Crippen molar-refractivity contribution < 1.29 is 18.6 Å². The molecule has 2 aromatic rings. The molecule has 3 nitrogen and oxygen atoms in total. The van der Waals surface area contributed by atoms with Gasteiger partial charge in [-0.2, -0.15) is 8.78 Å². The minimum Gasteiger partial charge on any atom is -0.508 e. The van der Waals surface area contributed by atoms with E-state index in [1.807, 2.05) is 0 Å². The van der Waals surface area contributed by atoms with Gasteiger partial charge in [-0.15, -0.1) is 0 Å². The molecule has 0 saturated carbocycles. The van der Waals surface area contributed by atoms with E-state index in [1.165, 1.54) is 12.1 Å². The lowest BCUT2D eigenvalue weighted by Crippen LogP contribution is -2.03. The van der Waals surface area contributed by atoms with Gasteiger partial charge in [0.2, 0.25) is 0 Å². The molecule has 2 N–H and O–H groups in total. The molecule has 0 saturated heterocycles. The summed E-state index contributed by atoms with van der Waals surface area (Å²) < 4.78 is 29.3. The van der Waals surface area contributed by atoms with Gasteiger partial charge in [0, 0.05) is 22.3 Å². The molecule has 0 amide bonds. The molecule has 0 bridgehead atoms. The van der Waals surface area contributed by atoms with Gasteiger partial charge in [-0.05, 0) is 36.4 Å². The number of anilines is 1. The van der Waals surface area contributed by atoms with Gasteiger partial charge in [0.05, 0.1) is 5.02 Å². The van der Waals surface area contributed by atoms with E-state index in [0.29, 0.717) is 17.8 Å². The molecule has 0 atom stereocenters. The molecule has 0 heterocycles. The maximum Gasteiger partial charge on any atom is 0.387 e. The Bertz CT molecular complexity index is 640. The summed E-state index contributed by atoms with van der Waals surface area (Å²) in [7, 11) is 0. The number of rotatable bonds is 5. The van der Waals surface area contributed by atoms with Gasteiger partial charge in [-0.25, -0.2) is 0 Å². The summed E-state index contributed by atoms with van der Waals surface area (Å²) in [5, 5.41) is 12.8. The Hall–Kier alpha value is -1.53. The van der Waals surface area contributed by atoms with Gasteiger partial charge >= 0.3 is 6.61 Å². The topological polar surface area (TPSA) is 41.5 Å². The summed E-state index contributed by atoms with van der Waals surface area (Å²) >= 11 is 9.18. The molecule has 0 radical (unpaired) electrons. The SMILES string of the molecule is Oc1ccc(Br)cc1CNc1ccc(OC(F)F)c(Cl)c1. The largest absolute Gasteiger partial charge is 0.508 e.